The third-order valence-corrected chi connectivity index (χ3v) is 3.83. The first kappa shape index (κ1) is 13.7. The summed E-state index contributed by atoms with van der Waals surface area (Å²) in [6.45, 7) is 4.05. The Bertz CT molecular complexity index is 747. The van der Waals surface area contributed by atoms with Gasteiger partial charge in [0.05, 0.1) is 5.92 Å². The fraction of sp³-hybridized carbons (Fsp3) is 0.312. The highest BCUT2D eigenvalue weighted by Crippen LogP contribution is 2.26. The Balaban J connectivity index is 2.02. The minimum Gasteiger partial charge on any atom is -0.339 e. The largest absolute Gasteiger partial charge is 0.339 e. The average molecular weight is 282 g/mol. The number of rotatable bonds is 4. The Morgan fingerprint density at radius 3 is 2.86 bits per heavy atom. The zero-order valence-electron chi connectivity index (χ0n) is 12.2. The summed E-state index contributed by atoms with van der Waals surface area (Å²) in [5.74, 6) is 1.11. The molecule has 2 heterocycles. The van der Waals surface area contributed by atoms with Crippen LogP contribution in [0.25, 0.3) is 22.3 Å². The van der Waals surface area contributed by atoms with Crippen molar-refractivity contribution in [1.82, 2.24) is 15.1 Å². The summed E-state index contributed by atoms with van der Waals surface area (Å²) >= 11 is 0. The number of fused-ring (bicyclic) bond motifs is 1. The van der Waals surface area contributed by atoms with Crippen LogP contribution in [0.5, 0.6) is 0 Å². The van der Waals surface area contributed by atoms with Gasteiger partial charge in [-0.3, -0.25) is 4.98 Å². The molecule has 5 heteroatoms. The molecular formula is C16H18N4O. The number of pyridine rings is 1. The van der Waals surface area contributed by atoms with Crippen LogP contribution in [0.4, 0.5) is 0 Å². The van der Waals surface area contributed by atoms with Crippen LogP contribution in [-0.2, 0) is 0 Å². The fourth-order valence-corrected chi connectivity index (χ4v) is 2.35. The van der Waals surface area contributed by atoms with Gasteiger partial charge in [-0.1, -0.05) is 43.3 Å². The van der Waals surface area contributed by atoms with Crippen molar-refractivity contribution < 1.29 is 4.52 Å². The second-order valence-electron chi connectivity index (χ2n) is 5.20. The molecule has 3 aromatic rings. The van der Waals surface area contributed by atoms with Crippen molar-refractivity contribution in [2.75, 3.05) is 0 Å². The molecular weight excluding hydrogens is 264 g/mol. The molecule has 0 aliphatic rings. The predicted molar refractivity (Wildman–Crippen MR) is 81.7 cm³/mol. The number of hydrogen-bond donors (Lipinski definition) is 1. The van der Waals surface area contributed by atoms with Crippen LogP contribution < -0.4 is 5.73 Å². The molecule has 1 aromatic carbocycles. The van der Waals surface area contributed by atoms with E-state index in [1.165, 1.54) is 0 Å². The molecule has 0 saturated carbocycles. The Morgan fingerprint density at radius 1 is 1.24 bits per heavy atom. The smallest absolute Gasteiger partial charge is 0.231 e. The van der Waals surface area contributed by atoms with Crippen LogP contribution in [-0.4, -0.2) is 21.2 Å². The van der Waals surface area contributed by atoms with Gasteiger partial charge in [0.25, 0.3) is 0 Å². The molecule has 0 aliphatic carbocycles. The highest BCUT2D eigenvalue weighted by atomic mass is 16.5. The van der Waals surface area contributed by atoms with E-state index < -0.39 is 0 Å². The minimum atomic E-state index is 0.0128. The summed E-state index contributed by atoms with van der Waals surface area (Å²) < 4.78 is 5.37. The Hall–Kier alpha value is -2.27. The summed E-state index contributed by atoms with van der Waals surface area (Å²) in [6.07, 6.45) is 2.63. The van der Waals surface area contributed by atoms with Crippen LogP contribution >= 0.6 is 0 Å². The first-order chi connectivity index (χ1) is 10.2. The van der Waals surface area contributed by atoms with E-state index in [1.54, 1.807) is 6.20 Å². The van der Waals surface area contributed by atoms with Gasteiger partial charge in [0.15, 0.2) is 0 Å². The first-order valence-corrected chi connectivity index (χ1v) is 7.14. The third-order valence-electron chi connectivity index (χ3n) is 3.83. The van der Waals surface area contributed by atoms with Crippen molar-refractivity contribution >= 4 is 10.8 Å². The predicted octanol–water partition coefficient (Wildman–Crippen LogP) is 3.13. The van der Waals surface area contributed by atoms with Crippen LogP contribution in [0.1, 0.15) is 32.1 Å². The molecule has 0 amide bonds. The van der Waals surface area contributed by atoms with Gasteiger partial charge in [0, 0.05) is 17.6 Å². The number of nitrogens with zero attached hydrogens (tertiary/aromatic N) is 3. The van der Waals surface area contributed by atoms with E-state index in [9.17, 15) is 0 Å². The lowest BCUT2D eigenvalue weighted by molar-refractivity contribution is 0.340. The molecule has 0 radical (unpaired) electrons. The van der Waals surface area contributed by atoms with Crippen molar-refractivity contribution in [1.29, 1.82) is 0 Å². The quantitative estimate of drug-likeness (QED) is 0.795. The topological polar surface area (TPSA) is 77.8 Å². The van der Waals surface area contributed by atoms with Crippen molar-refractivity contribution in [3.8, 4) is 11.5 Å². The molecule has 0 spiro atoms. The van der Waals surface area contributed by atoms with E-state index in [0.29, 0.717) is 11.7 Å². The number of aromatic nitrogens is 3. The summed E-state index contributed by atoms with van der Waals surface area (Å²) in [6, 6.07) is 10.0. The molecule has 5 nitrogen and oxygen atoms in total. The molecule has 0 saturated heterocycles. The van der Waals surface area contributed by atoms with E-state index >= 15 is 0 Å². The second kappa shape index (κ2) is 5.61. The van der Waals surface area contributed by atoms with Gasteiger partial charge >= 0.3 is 0 Å². The normalized spacial score (nSPS) is 14.2. The average Bonchev–Trinajstić information content (AvgIpc) is 3.02. The number of hydrogen-bond acceptors (Lipinski definition) is 5. The van der Waals surface area contributed by atoms with Gasteiger partial charge in [0.2, 0.25) is 11.7 Å². The first-order valence-electron chi connectivity index (χ1n) is 7.14. The zero-order valence-corrected chi connectivity index (χ0v) is 12.2. The maximum absolute atomic E-state index is 6.04. The molecule has 2 atom stereocenters. The standard InChI is InChI=1S/C16H18N4O/c1-3-13(17)10(2)16-19-15(20-21-16)14-12-7-5-4-6-11(12)8-9-18-14/h4-10,13H,3,17H2,1-2H3. The number of nitrogens with two attached hydrogens (primary N) is 1. The van der Waals surface area contributed by atoms with Crippen molar-refractivity contribution in [3.63, 3.8) is 0 Å². The number of benzene rings is 1. The summed E-state index contributed by atoms with van der Waals surface area (Å²) in [5, 5.41) is 6.19. The lowest BCUT2D eigenvalue weighted by Gasteiger charge is -2.13. The maximum atomic E-state index is 6.04. The minimum absolute atomic E-state index is 0.0128. The van der Waals surface area contributed by atoms with Crippen molar-refractivity contribution in [2.45, 2.75) is 32.2 Å². The van der Waals surface area contributed by atoms with Gasteiger partial charge in [0.1, 0.15) is 5.69 Å². The maximum Gasteiger partial charge on any atom is 0.231 e. The summed E-state index contributed by atoms with van der Waals surface area (Å²) in [5.41, 5.74) is 6.78. The monoisotopic (exact) mass is 282 g/mol. The van der Waals surface area contributed by atoms with Gasteiger partial charge in [-0.25, -0.2) is 0 Å². The highest BCUT2D eigenvalue weighted by molar-refractivity contribution is 5.92. The Kier molecular flexibility index (Phi) is 3.66. The molecule has 0 aliphatic heterocycles. The molecule has 3 rings (SSSR count). The molecule has 2 N–H and O–H groups in total. The van der Waals surface area contributed by atoms with Crippen LogP contribution in [0.2, 0.25) is 0 Å². The van der Waals surface area contributed by atoms with E-state index in [2.05, 4.69) is 15.1 Å². The van der Waals surface area contributed by atoms with Crippen LogP contribution in [0.15, 0.2) is 41.1 Å². The lowest BCUT2D eigenvalue weighted by atomic mass is 10.0. The van der Waals surface area contributed by atoms with Gasteiger partial charge < -0.3 is 10.3 Å². The molecule has 2 unspecified atom stereocenters. The fourth-order valence-electron chi connectivity index (χ4n) is 2.35. The van der Waals surface area contributed by atoms with E-state index in [1.807, 2.05) is 44.2 Å². The van der Waals surface area contributed by atoms with Crippen molar-refractivity contribution in [2.24, 2.45) is 5.73 Å². The van der Waals surface area contributed by atoms with E-state index in [4.69, 9.17) is 10.3 Å². The van der Waals surface area contributed by atoms with Gasteiger partial charge in [-0.15, -0.1) is 0 Å². The van der Waals surface area contributed by atoms with Crippen LogP contribution in [0.3, 0.4) is 0 Å². The molecule has 0 fully saturated rings. The molecule has 21 heavy (non-hydrogen) atoms. The van der Waals surface area contributed by atoms with E-state index in [-0.39, 0.29) is 12.0 Å². The Labute approximate surface area is 123 Å². The zero-order chi connectivity index (χ0) is 14.8. The summed E-state index contributed by atoms with van der Waals surface area (Å²) in [7, 11) is 0. The summed E-state index contributed by atoms with van der Waals surface area (Å²) in [4.78, 5) is 8.88. The van der Waals surface area contributed by atoms with Crippen molar-refractivity contribution in [3.05, 3.63) is 42.4 Å². The Morgan fingerprint density at radius 2 is 2.05 bits per heavy atom. The molecule has 0 bridgehead atoms. The molecule has 2 aromatic heterocycles. The molecule has 108 valence electrons. The van der Waals surface area contributed by atoms with E-state index in [0.717, 1.165) is 22.9 Å². The van der Waals surface area contributed by atoms with Gasteiger partial charge in [-0.05, 0) is 17.9 Å². The third kappa shape index (κ3) is 2.52. The second-order valence-corrected chi connectivity index (χ2v) is 5.20. The highest BCUT2D eigenvalue weighted by Gasteiger charge is 2.21. The van der Waals surface area contributed by atoms with Gasteiger partial charge in [-0.2, -0.15) is 4.98 Å². The SMILES string of the molecule is CCC(N)C(C)c1nc(-c2nccc3ccccc23)no1. The lowest BCUT2D eigenvalue weighted by Crippen LogP contribution is -2.25. The van der Waals surface area contributed by atoms with Crippen LogP contribution in [0, 0.1) is 0 Å².